The number of morpholine rings is 1. The van der Waals surface area contributed by atoms with E-state index in [9.17, 15) is 9.90 Å². The highest BCUT2D eigenvalue weighted by Crippen LogP contribution is 2.65. The van der Waals surface area contributed by atoms with Gasteiger partial charge in [0.25, 0.3) is 0 Å². The van der Waals surface area contributed by atoms with Gasteiger partial charge in [-0.25, -0.2) is 14.8 Å². The minimum atomic E-state index is -1.74. The van der Waals surface area contributed by atoms with E-state index in [0.29, 0.717) is 47.2 Å². The van der Waals surface area contributed by atoms with Gasteiger partial charge in [-0.1, -0.05) is 84.6 Å². The van der Waals surface area contributed by atoms with Gasteiger partial charge >= 0.3 is 12.0 Å². The number of primary amides is 1. The molecular weight excluding hydrogens is 789 g/mol. The lowest BCUT2D eigenvalue weighted by atomic mass is 9.65. The number of nitrogens with one attached hydrogen (secondary N) is 2. The third-order valence-electron chi connectivity index (χ3n) is 12.1. The number of carbonyl (C=O) groups excluding carboxylic acids is 4. The summed E-state index contributed by atoms with van der Waals surface area (Å²) in [5.74, 6) is 4.21. The van der Waals surface area contributed by atoms with Gasteiger partial charge in [-0.3, -0.25) is 19.3 Å². The number of urea groups is 1. The molecule has 0 aliphatic carbocycles. The molecular formula is C47H44N8O7. The molecule has 15 heteroatoms. The number of cyclic esters (lactones) is 1. The Hall–Kier alpha value is -7.28. The maximum atomic E-state index is 15.8. The number of nitrogens with zero attached hydrogens (tertiary/aromatic N) is 5. The zero-order chi connectivity index (χ0) is 42.8. The number of hydrogen-bond acceptors (Lipinski definition) is 11. The van der Waals surface area contributed by atoms with Gasteiger partial charge in [0.15, 0.2) is 0 Å². The van der Waals surface area contributed by atoms with Gasteiger partial charge in [-0.15, -0.1) is 0 Å². The molecule has 6 atom stereocenters. The average Bonchev–Trinajstić information content (AvgIpc) is 3.79. The lowest BCUT2D eigenvalue weighted by Gasteiger charge is -2.46. The van der Waals surface area contributed by atoms with E-state index in [0.717, 1.165) is 11.1 Å². The number of carbonyl (C=O) groups is 4. The Labute approximate surface area is 357 Å². The Morgan fingerprint density at radius 1 is 0.871 bits per heavy atom. The maximum absolute atomic E-state index is 15.8. The number of esters is 1. The smallest absolute Gasteiger partial charge is 0.324 e. The normalized spacial score (nSPS) is 24.0. The number of aromatic nitrogens is 2. The Balaban J connectivity index is 1.27. The molecule has 0 unspecified atom stereocenters. The molecule has 15 nitrogen and oxygen atoms in total. The number of fused-ring (bicyclic) bond motifs is 3. The van der Waals surface area contributed by atoms with Crippen molar-refractivity contribution < 1.29 is 33.8 Å². The number of nitrogens with two attached hydrogens (primary N) is 1. The highest BCUT2D eigenvalue weighted by Gasteiger charge is 2.74. The number of aliphatic hydroxyl groups is 1. The SMILES string of the molecule is NC(=O)NCC#Cc1ccc2c(c1)[C@]1(C(=O)N2)[C@H](C(=O)N2CCN(c3ncccn3)CC2)[C@H]2C(=O)O[C@H](c3ccccc3)[C@H](c3ccccc3)N2[C@@H]1c1cccc(OCCO)c1. The molecule has 3 saturated heterocycles. The molecule has 4 aromatic carbocycles. The number of piperazine rings is 1. The number of anilines is 2. The van der Waals surface area contributed by atoms with Crippen molar-refractivity contribution in [1.82, 2.24) is 25.1 Å². The third kappa shape index (κ3) is 7.12. The number of amides is 4. The van der Waals surface area contributed by atoms with Gasteiger partial charge in [-0.2, -0.15) is 0 Å². The van der Waals surface area contributed by atoms with Crippen molar-refractivity contribution in [3.05, 3.63) is 149 Å². The highest BCUT2D eigenvalue weighted by molar-refractivity contribution is 6.12. The second-order valence-corrected chi connectivity index (χ2v) is 15.5. The largest absolute Gasteiger partial charge is 0.491 e. The summed E-state index contributed by atoms with van der Waals surface area (Å²) in [6.45, 7) is 1.20. The lowest BCUT2D eigenvalue weighted by Crippen LogP contribution is -2.58. The summed E-state index contributed by atoms with van der Waals surface area (Å²) in [7, 11) is 0. The van der Waals surface area contributed by atoms with Crippen LogP contribution in [0.25, 0.3) is 0 Å². The van der Waals surface area contributed by atoms with E-state index in [1.54, 1.807) is 53.7 Å². The van der Waals surface area contributed by atoms with Crippen LogP contribution in [0.5, 0.6) is 5.75 Å². The first-order chi connectivity index (χ1) is 30.3. The molecule has 0 saturated carbocycles. The van der Waals surface area contributed by atoms with Crippen LogP contribution in [0.15, 0.2) is 122 Å². The summed E-state index contributed by atoms with van der Waals surface area (Å²) in [5, 5.41) is 15.3. The summed E-state index contributed by atoms with van der Waals surface area (Å²) in [6, 6.07) is 29.9. The van der Waals surface area contributed by atoms with E-state index >= 15 is 14.4 Å². The second kappa shape index (κ2) is 17.0. The number of aliphatic hydroxyl groups excluding tert-OH is 1. The van der Waals surface area contributed by atoms with Crippen LogP contribution in [0.4, 0.5) is 16.4 Å². The fourth-order valence-electron chi connectivity index (χ4n) is 9.64. The Morgan fingerprint density at radius 2 is 1.58 bits per heavy atom. The predicted octanol–water partition coefficient (Wildman–Crippen LogP) is 3.49. The molecule has 1 aromatic heterocycles. The van der Waals surface area contributed by atoms with E-state index in [1.807, 2.05) is 82.6 Å². The molecule has 5 aromatic rings. The van der Waals surface area contributed by atoms with Crippen LogP contribution < -0.4 is 26.0 Å². The Morgan fingerprint density at radius 3 is 2.29 bits per heavy atom. The minimum absolute atomic E-state index is 0.0135. The maximum Gasteiger partial charge on any atom is 0.324 e. The zero-order valence-corrected chi connectivity index (χ0v) is 33.6. The standard InChI is InChI=1S/C47H44N8O7/c48-45(60)49-19-8-10-30-17-18-36-35(28-30)47(44(59)52-36)37(42(57)53-22-24-54(25-23-53)46-50-20-9-21-51-46)39-43(58)62-40(32-13-5-2-6-14-32)38(31-11-3-1-4-12-31)55(39)41(47)33-15-7-16-34(29-33)61-27-26-56/h1-7,9,11-18,20-21,28-29,37-41,56H,19,22-27H2,(H,52,59)(H3,48,49,60)/t37-,38-,39-,40+,41+,47-/m0/s1. The first-order valence-electron chi connectivity index (χ1n) is 20.5. The van der Waals surface area contributed by atoms with Crippen LogP contribution in [-0.4, -0.2) is 101 Å². The van der Waals surface area contributed by atoms with Crippen molar-refractivity contribution in [2.75, 3.05) is 56.2 Å². The highest BCUT2D eigenvalue weighted by atomic mass is 16.6. The number of benzene rings is 4. The van der Waals surface area contributed by atoms with Gasteiger partial charge in [0.05, 0.1) is 31.2 Å². The van der Waals surface area contributed by atoms with Crippen molar-refractivity contribution in [3.63, 3.8) is 0 Å². The number of ether oxygens (including phenoxy) is 2. The van der Waals surface area contributed by atoms with Crippen molar-refractivity contribution in [3.8, 4) is 17.6 Å². The number of hydrogen-bond donors (Lipinski definition) is 4. The van der Waals surface area contributed by atoms with E-state index in [1.165, 1.54) is 0 Å². The van der Waals surface area contributed by atoms with E-state index in [4.69, 9.17) is 15.2 Å². The van der Waals surface area contributed by atoms with Gasteiger partial charge < -0.3 is 40.7 Å². The molecule has 9 rings (SSSR count). The van der Waals surface area contributed by atoms with Gasteiger partial charge in [0.2, 0.25) is 17.8 Å². The summed E-state index contributed by atoms with van der Waals surface area (Å²) < 4.78 is 12.5. The minimum Gasteiger partial charge on any atom is -0.491 e. The summed E-state index contributed by atoms with van der Waals surface area (Å²) in [5.41, 5.74) is 7.19. The quantitative estimate of drug-likeness (QED) is 0.126. The monoisotopic (exact) mass is 832 g/mol. The van der Waals surface area contributed by atoms with Gasteiger partial charge in [0.1, 0.15) is 29.9 Å². The van der Waals surface area contributed by atoms with Crippen molar-refractivity contribution in [2.45, 2.75) is 29.6 Å². The van der Waals surface area contributed by atoms with Crippen LogP contribution in [0.1, 0.15) is 46.0 Å². The second-order valence-electron chi connectivity index (χ2n) is 15.5. The van der Waals surface area contributed by atoms with Gasteiger partial charge in [-0.05, 0) is 58.7 Å². The molecule has 3 fully saturated rings. The first kappa shape index (κ1) is 40.1. The van der Waals surface area contributed by atoms with E-state index in [2.05, 4.69) is 32.4 Å². The molecule has 314 valence electrons. The van der Waals surface area contributed by atoms with Crippen molar-refractivity contribution in [2.24, 2.45) is 11.7 Å². The summed E-state index contributed by atoms with van der Waals surface area (Å²) in [4.78, 5) is 72.6. The van der Waals surface area contributed by atoms with E-state index in [-0.39, 0.29) is 38.8 Å². The molecule has 4 aliphatic heterocycles. The van der Waals surface area contributed by atoms with Crippen molar-refractivity contribution in [1.29, 1.82) is 0 Å². The Bertz CT molecular complexity index is 2550. The molecule has 5 heterocycles. The molecule has 0 radical (unpaired) electrons. The Kier molecular flexibility index (Phi) is 11.0. The van der Waals surface area contributed by atoms with Crippen LogP contribution in [0.2, 0.25) is 0 Å². The lowest BCUT2D eigenvalue weighted by molar-refractivity contribution is -0.179. The van der Waals surface area contributed by atoms with Crippen LogP contribution in [0, 0.1) is 17.8 Å². The zero-order valence-electron chi connectivity index (χ0n) is 33.6. The van der Waals surface area contributed by atoms with Crippen molar-refractivity contribution >= 4 is 35.5 Å². The molecule has 0 bridgehead atoms. The molecule has 4 amide bonds. The molecule has 5 N–H and O–H groups in total. The topological polar surface area (TPSA) is 193 Å². The molecule has 62 heavy (non-hydrogen) atoms. The average molecular weight is 833 g/mol. The van der Waals surface area contributed by atoms with Crippen LogP contribution in [0.3, 0.4) is 0 Å². The predicted molar refractivity (Wildman–Crippen MR) is 227 cm³/mol. The molecule has 4 aliphatic rings. The summed E-state index contributed by atoms with van der Waals surface area (Å²) >= 11 is 0. The third-order valence-corrected chi connectivity index (χ3v) is 12.1. The fourth-order valence-corrected chi connectivity index (χ4v) is 9.64. The van der Waals surface area contributed by atoms with Crippen LogP contribution >= 0.6 is 0 Å². The van der Waals surface area contributed by atoms with E-state index < -0.39 is 53.5 Å². The van der Waals surface area contributed by atoms with Crippen LogP contribution in [-0.2, 0) is 24.5 Å². The first-order valence-corrected chi connectivity index (χ1v) is 20.5. The van der Waals surface area contributed by atoms with Gasteiger partial charge in [0, 0.05) is 49.8 Å². The molecule has 1 spiro atoms. The summed E-state index contributed by atoms with van der Waals surface area (Å²) in [6.07, 6.45) is 2.51. The fraction of sp³-hybridized carbons (Fsp3) is 0.277. The number of rotatable bonds is 9.